The number of carbonyl (C=O) groups is 2. The van der Waals surface area contributed by atoms with Gasteiger partial charge in [-0.1, -0.05) is 24.1 Å². The van der Waals surface area contributed by atoms with E-state index in [1.807, 2.05) is 39.0 Å². The molecule has 4 nitrogen and oxygen atoms in total. The maximum absolute atomic E-state index is 12.5. The number of rotatable bonds is 3. The van der Waals surface area contributed by atoms with Gasteiger partial charge in [0.1, 0.15) is 0 Å². The van der Waals surface area contributed by atoms with Crippen LogP contribution in [0.25, 0.3) is 0 Å². The molecule has 1 aliphatic heterocycles. The number of carbonyl (C=O) groups excluding carboxylic acids is 1. The SMILES string of the molecule is CCC1(C(=O)O)CCN(C(=O)c2cc(C)cc(C)c2)C1. The maximum atomic E-state index is 12.5. The summed E-state index contributed by atoms with van der Waals surface area (Å²) in [4.78, 5) is 25.6. The number of nitrogens with zero attached hydrogens (tertiary/aromatic N) is 1. The van der Waals surface area contributed by atoms with Crippen LogP contribution in [0.2, 0.25) is 0 Å². The lowest BCUT2D eigenvalue weighted by molar-refractivity contribution is -0.148. The maximum Gasteiger partial charge on any atom is 0.311 e. The van der Waals surface area contributed by atoms with Crippen LogP contribution in [0.3, 0.4) is 0 Å². The fourth-order valence-corrected chi connectivity index (χ4v) is 2.94. The number of carboxylic acid groups (broad SMARTS) is 1. The molecule has 0 spiro atoms. The Bertz CT molecular complexity index is 532. The zero-order valence-corrected chi connectivity index (χ0v) is 12.3. The lowest BCUT2D eigenvalue weighted by Crippen LogP contribution is -2.36. The summed E-state index contributed by atoms with van der Waals surface area (Å²) in [6, 6.07) is 5.75. The number of aliphatic carboxylic acids is 1. The second-order valence-electron chi connectivity index (χ2n) is 5.79. The summed E-state index contributed by atoms with van der Waals surface area (Å²) in [6.07, 6.45) is 1.09. The Hall–Kier alpha value is -1.84. The Balaban J connectivity index is 2.21. The van der Waals surface area contributed by atoms with Gasteiger partial charge in [-0.15, -0.1) is 0 Å². The standard InChI is InChI=1S/C16H21NO3/c1-4-16(15(19)20)5-6-17(10-16)14(18)13-8-11(2)7-12(3)9-13/h7-9H,4-6,10H2,1-3H3,(H,19,20). The highest BCUT2D eigenvalue weighted by Gasteiger charge is 2.44. The highest BCUT2D eigenvalue weighted by molar-refractivity contribution is 5.95. The molecule has 4 heteroatoms. The predicted octanol–water partition coefficient (Wildman–Crippen LogP) is 2.63. The van der Waals surface area contributed by atoms with Crippen molar-refractivity contribution in [2.75, 3.05) is 13.1 Å². The molecular weight excluding hydrogens is 254 g/mol. The third kappa shape index (κ3) is 2.55. The molecule has 20 heavy (non-hydrogen) atoms. The normalized spacial score (nSPS) is 22.1. The average molecular weight is 275 g/mol. The van der Waals surface area contributed by atoms with E-state index in [0.29, 0.717) is 31.5 Å². The average Bonchev–Trinajstić information content (AvgIpc) is 2.82. The van der Waals surface area contributed by atoms with E-state index in [1.165, 1.54) is 0 Å². The topological polar surface area (TPSA) is 57.6 Å². The molecule has 1 heterocycles. The molecule has 1 fully saturated rings. The number of benzene rings is 1. The Morgan fingerprint density at radius 1 is 1.25 bits per heavy atom. The highest BCUT2D eigenvalue weighted by Crippen LogP contribution is 2.34. The smallest absolute Gasteiger partial charge is 0.311 e. The van der Waals surface area contributed by atoms with Crippen LogP contribution in [-0.4, -0.2) is 35.0 Å². The quantitative estimate of drug-likeness (QED) is 0.922. The van der Waals surface area contributed by atoms with E-state index >= 15 is 0 Å². The van der Waals surface area contributed by atoms with Gasteiger partial charge in [0.05, 0.1) is 5.41 Å². The molecule has 0 saturated carbocycles. The van der Waals surface area contributed by atoms with Crippen LogP contribution >= 0.6 is 0 Å². The number of hydrogen-bond acceptors (Lipinski definition) is 2. The van der Waals surface area contributed by atoms with Crippen molar-refractivity contribution in [3.63, 3.8) is 0 Å². The van der Waals surface area contributed by atoms with Gasteiger partial charge in [-0.25, -0.2) is 0 Å². The van der Waals surface area contributed by atoms with E-state index in [-0.39, 0.29) is 5.91 Å². The second-order valence-corrected chi connectivity index (χ2v) is 5.79. The molecule has 1 aromatic rings. The Morgan fingerprint density at radius 2 is 1.85 bits per heavy atom. The van der Waals surface area contributed by atoms with E-state index in [2.05, 4.69) is 0 Å². The Morgan fingerprint density at radius 3 is 2.30 bits per heavy atom. The summed E-state index contributed by atoms with van der Waals surface area (Å²) in [5, 5.41) is 9.38. The number of hydrogen-bond donors (Lipinski definition) is 1. The van der Waals surface area contributed by atoms with Crippen molar-refractivity contribution in [2.24, 2.45) is 5.41 Å². The Kier molecular flexibility index (Phi) is 3.84. The van der Waals surface area contributed by atoms with E-state index in [4.69, 9.17) is 0 Å². The van der Waals surface area contributed by atoms with Crippen molar-refractivity contribution >= 4 is 11.9 Å². The molecule has 1 unspecified atom stereocenters. The van der Waals surface area contributed by atoms with Gasteiger partial charge >= 0.3 is 5.97 Å². The Labute approximate surface area is 119 Å². The molecule has 1 saturated heterocycles. The van der Waals surface area contributed by atoms with Gasteiger partial charge < -0.3 is 10.0 Å². The first kappa shape index (κ1) is 14.6. The summed E-state index contributed by atoms with van der Waals surface area (Å²) in [5.41, 5.74) is 1.98. The monoisotopic (exact) mass is 275 g/mol. The first-order valence-corrected chi connectivity index (χ1v) is 6.99. The minimum Gasteiger partial charge on any atom is -0.481 e. The van der Waals surface area contributed by atoms with Gasteiger partial charge in [0.2, 0.25) is 0 Å². The van der Waals surface area contributed by atoms with Crippen molar-refractivity contribution in [1.82, 2.24) is 4.90 Å². The van der Waals surface area contributed by atoms with E-state index < -0.39 is 11.4 Å². The molecule has 0 aliphatic carbocycles. The highest BCUT2D eigenvalue weighted by atomic mass is 16.4. The first-order chi connectivity index (χ1) is 9.38. The van der Waals surface area contributed by atoms with Crippen LogP contribution in [0, 0.1) is 19.3 Å². The summed E-state index contributed by atoms with van der Waals surface area (Å²) < 4.78 is 0. The molecule has 1 aromatic carbocycles. The third-order valence-corrected chi connectivity index (χ3v) is 4.24. The van der Waals surface area contributed by atoms with Crippen LogP contribution in [0.5, 0.6) is 0 Å². The molecule has 1 N–H and O–H groups in total. The second kappa shape index (κ2) is 5.27. The fourth-order valence-electron chi connectivity index (χ4n) is 2.94. The fraction of sp³-hybridized carbons (Fsp3) is 0.500. The van der Waals surface area contributed by atoms with E-state index in [9.17, 15) is 14.7 Å². The van der Waals surface area contributed by atoms with Gasteiger partial charge in [0, 0.05) is 18.7 Å². The summed E-state index contributed by atoms with van der Waals surface area (Å²) in [5.74, 6) is -0.857. The molecule has 108 valence electrons. The van der Waals surface area contributed by atoms with Crippen LogP contribution in [0.4, 0.5) is 0 Å². The van der Waals surface area contributed by atoms with Gasteiger partial charge in [0.15, 0.2) is 0 Å². The lowest BCUT2D eigenvalue weighted by Gasteiger charge is -2.23. The van der Waals surface area contributed by atoms with E-state index in [1.54, 1.807) is 4.90 Å². The molecule has 1 atom stereocenters. The summed E-state index contributed by atoms with van der Waals surface area (Å²) >= 11 is 0. The number of aryl methyl sites for hydroxylation is 2. The number of likely N-dealkylation sites (tertiary alicyclic amines) is 1. The third-order valence-electron chi connectivity index (χ3n) is 4.24. The van der Waals surface area contributed by atoms with Crippen LogP contribution < -0.4 is 0 Å². The van der Waals surface area contributed by atoms with E-state index in [0.717, 1.165) is 11.1 Å². The van der Waals surface area contributed by atoms with Gasteiger partial charge in [0.25, 0.3) is 5.91 Å². The first-order valence-electron chi connectivity index (χ1n) is 6.99. The van der Waals surface area contributed by atoms with Crippen LogP contribution in [0.15, 0.2) is 18.2 Å². The molecule has 0 aromatic heterocycles. The largest absolute Gasteiger partial charge is 0.481 e. The van der Waals surface area contributed by atoms with Crippen molar-refractivity contribution in [2.45, 2.75) is 33.6 Å². The molecule has 2 rings (SSSR count). The van der Waals surface area contributed by atoms with Gasteiger partial charge in [-0.2, -0.15) is 0 Å². The van der Waals surface area contributed by atoms with Crippen molar-refractivity contribution < 1.29 is 14.7 Å². The lowest BCUT2D eigenvalue weighted by atomic mass is 9.84. The molecule has 0 bridgehead atoms. The predicted molar refractivity (Wildman–Crippen MR) is 76.8 cm³/mol. The number of amides is 1. The van der Waals surface area contributed by atoms with Gasteiger partial charge in [-0.3, -0.25) is 9.59 Å². The summed E-state index contributed by atoms with van der Waals surface area (Å²) in [7, 11) is 0. The zero-order chi connectivity index (χ0) is 14.9. The summed E-state index contributed by atoms with van der Waals surface area (Å²) in [6.45, 7) is 6.62. The van der Waals surface area contributed by atoms with Crippen LogP contribution in [-0.2, 0) is 4.79 Å². The molecule has 1 aliphatic rings. The van der Waals surface area contributed by atoms with Crippen molar-refractivity contribution in [3.05, 3.63) is 34.9 Å². The molecular formula is C16H21NO3. The van der Waals surface area contributed by atoms with Crippen molar-refractivity contribution in [3.8, 4) is 0 Å². The van der Waals surface area contributed by atoms with Gasteiger partial charge in [-0.05, 0) is 38.8 Å². The number of carboxylic acids is 1. The minimum atomic E-state index is -0.796. The minimum absolute atomic E-state index is 0.0617. The van der Waals surface area contributed by atoms with Crippen LogP contribution in [0.1, 0.15) is 41.3 Å². The van der Waals surface area contributed by atoms with Crippen molar-refractivity contribution in [1.29, 1.82) is 0 Å². The zero-order valence-electron chi connectivity index (χ0n) is 12.3. The molecule has 0 radical (unpaired) electrons. The molecule has 1 amide bonds.